The second kappa shape index (κ2) is 2.46. The molecule has 0 N–H and O–H groups in total. The number of allylic oxidation sites excluding steroid dienone is 6. The molecule has 0 amide bonds. The van der Waals surface area contributed by atoms with E-state index in [0.29, 0.717) is 0 Å². The lowest BCUT2D eigenvalue weighted by atomic mass is 10.0. The number of benzene rings is 1. The van der Waals surface area contributed by atoms with Gasteiger partial charge >= 0.3 is 0 Å². The third-order valence-electron chi connectivity index (χ3n) is 2.65. The largest absolute Gasteiger partial charge is 0.0622 e. The molecule has 0 nitrogen and oxygen atoms in total. The Balaban J connectivity index is 2.15. The maximum Gasteiger partial charge on any atom is -0.00194 e. The van der Waals surface area contributed by atoms with Crippen LogP contribution in [0.1, 0.15) is 12.0 Å². The highest BCUT2D eigenvalue weighted by molar-refractivity contribution is 5.85. The lowest BCUT2D eigenvalue weighted by Crippen LogP contribution is -1.81. The van der Waals surface area contributed by atoms with E-state index in [1.54, 1.807) is 0 Å². The molecular weight excluding hydrogens is 156 g/mol. The minimum Gasteiger partial charge on any atom is -0.0622 e. The van der Waals surface area contributed by atoms with Crippen LogP contribution in [0.15, 0.2) is 59.7 Å². The predicted molar refractivity (Wildman–Crippen MR) is 55.2 cm³/mol. The quantitative estimate of drug-likeness (QED) is 0.600. The van der Waals surface area contributed by atoms with Crippen molar-refractivity contribution in [2.45, 2.75) is 6.42 Å². The van der Waals surface area contributed by atoms with E-state index in [-0.39, 0.29) is 0 Å². The van der Waals surface area contributed by atoms with Crippen LogP contribution in [0.4, 0.5) is 0 Å². The fourth-order valence-electron chi connectivity index (χ4n) is 1.99. The van der Waals surface area contributed by atoms with Gasteiger partial charge in [0.15, 0.2) is 0 Å². The molecule has 1 aromatic carbocycles. The monoisotopic (exact) mass is 166 g/mol. The van der Waals surface area contributed by atoms with Crippen molar-refractivity contribution in [2.75, 3.05) is 0 Å². The highest BCUT2D eigenvalue weighted by Gasteiger charge is 2.17. The van der Waals surface area contributed by atoms with Gasteiger partial charge < -0.3 is 0 Å². The van der Waals surface area contributed by atoms with Gasteiger partial charge in [0.2, 0.25) is 0 Å². The first-order chi connectivity index (χ1) is 6.43. The topological polar surface area (TPSA) is 0 Å². The molecule has 0 atom stereocenters. The highest BCUT2D eigenvalue weighted by atomic mass is 14.2. The second-order valence-corrected chi connectivity index (χ2v) is 3.53. The Morgan fingerprint density at radius 3 is 2.38 bits per heavy atom. The van der Waals surface area contributed by atoms with E-state index in [4.69, 9.17) is 0 Å². The molecule has 0 heterocycles. The van der Waals surface area contributed by atoms with Crippen LogP contribution in [0.25, 0.3) is 5.57 Å². The maximum absolute atomic E-state index is 2.30. The Kier molecular flexibility index (Phi) is 1.31. The number of rotatable bonds is 1. The summed E-state index contributed by atoms with van der Waals surface area (Å²) in [7, 11) is 0. The van der Waals surface area contributed by atoms with Crippen LogP contribution in [-0.4, -0.2) is 0 Å². The zero-order chi connectivity index (χ0) is 8.67. The third kappa shape index (κ3) is 0.988. The highest BCUT2D eigenvalue weighted by Crippen LogP contribution is 2.38. The fourth-order valence-corrected chi connectivity index (χ4v) is 1.99. The van der Waals surface area contributed by atoms with Crippen molar-refractivity contribution in [3.8, 4) is 0 Å². The summed E-state index contributed by atoms with van der Waals surface area (Å²) in [6.45, 7) is 0. The van der Waals surface area contributed by atoms with Gasteiger partial charge in [-0.3, -0.25) is 0 Å². The number of fused-ring (bicyclic) bond motifs is 2. The summed E-state index contributed by atoms with van der Waals surface area (Å²) in [4.78, 5) is 0. The fraction of sp³-hybridized carbons (Fsp3) is 0.0769. The van der Waals surface area contributed by atoms with E-state index < -0.39 is 0 Å². The molecule has 0 fully saturated rings. The van der Waals surface area contributed by atoms with Gasteiger partial charge in [0.1, 0.15) is 0 Å². The number of hydrogen-bond acceptors (Lipinski definition) is 0. The van der Waals surface area contributed by atoms with Gasteiger partial charge in [0, 0.05) is 0 Å². The smallest absolute Gasteiger partial charge is 0.00194 e. The number of hydrogen-bond donors (Lipinski definition) is 0. The minimum atomic E-state index is 1.14. The van der Waals surface area contributed by atoms with Crippen LogP contribution in [0.2, 0.25) is 0 Å². The van der Waals surface area contributed by atoms with Gasteiger partial charge in [-0.05, 0) is 28.7 Å². The molecular formula is C13H10. The van der Waals surface area contributed by atoms with Crippen molar-refractivity contribution in [1.82, 2.24) is 0 Å². The molecule has 3 rings (SSSR count). The molecule has 0 heteroatoms. The average Bonchev–Trinajstić information content (AvgIpc) is 2.80. The molecule has 0 spiro atoms. The molecule has 2 bridgehead atoms. The Hall–Kier alpha value is -1.56. The molecule has 0 radical (unpaired) electrons. The first kappa shape index (κ1) is 6.90. The van der Waals surface area contributed by atoms with Crippen molar-refractivity contribution in [3.05, 3.63) is 65.3 Å². The molecule has 62 valence electrons. The van der Waals surface area contributed by atoms with Crippen LogP contribution in [0.5, 0.6) is 0 Å². The van der Waals surface area contributed by atoms with Gasteiger partial charge in [0.25, 0.3) is 0 Å². The van der Waals surface area contributed by atoms with Crippen LogP contribution in [0.3, 0.4) is 0 Å². The maximum atomic E-state index is 2.30. The summed E-state index contributed by atoms with van der Waals surface area (Å²) in [5.74, 6) is 0. The predicted octanol–water partition coefficient (Wildman–Crippen LogP) is 3.34. The van der Waals surface area contributed by atoms with E-state index in [2.05, 4.69) is 48.6 Å². The van der Waals surface area contributed by atoms with Crippen molar-refractivity contribution in [2.24, 2.45) is 0 Å². The minimum absolute atomic E-state index is 1.14. The molecule has 0 aromatic heterocycles. The van der Waals surface area contributed by atoms with Gasteiger partial charge in [-0.1, -0.05) is 48.6 Å². The van der Waals surface area contributed by atoms with Crippen molar-refractivity contribution in [3.63, 3.8) is 0 Å². The van der Waals surface area contributed by atoms with E-state index in [9.17, 15) is 0 Å². The van der Waals surface area contributed by atoms with E-state index >= 15 is 0 Å². The Bertz CT molecular complexity index is 430. The van der Waals surface area contributed by atoms with Crippen molar-refractivity contribution in [1.29, 1.82) is 0 Å². The van der Waals surface area contributed by atoms with Gasteiger partial charge in [0.05, 0.1) is 0 Å². The second-order valence-electron chi connectivity index (χ2n) is 3.53. The van der Waals surface area contributed by atoms with Crippen LogP contribution < -0.4 is 0 Å². The SMILES string of the molecule is C1=CC2=C(c3ccccc3)C=C1C2. The Labute approximate surface area is 77.9 Å². The average molecular weight is 166 g/mol. The summed E-state index contributed by atoms with van der Waals surface area (Å²) in [6, 6.07) is 10.6. The van der Waals surface area contributed by atoms with E-state index in [1.165, 1.54) is 22.3 Å². The van der Waals surface area contributed by atoms with Crippen molar-refractivity contribution >= 4 is 5.57 Å². The molecule has 1 aromatic rings. The van der Waals surface area contributed by atoms with Crippen LogP contribution in [0, 0.1) is 0 Å². The summed E-state index contributed by atoms with van der Waals surface area (Å²) in [6.07, 6.45) is 7.88. The summed E-state index contributed by atoms with van der Waals surface area (Å²) in [5.41, 5.74) is 5.69. The van der Waals surface area contributed by atoms with E-state index in [1.807, 2.05) is 0 Å². The molecule has 0 saturated carbocycles. The van der Waals surface area contributed by atoms with Gasteiger partial charge in [-0.2, -0.15) is 0 Å². The van der Waals surface area contributed by atoms with Crippen molar-refractivity contribution < 1.29 is 0 Å². The first-order valence-electron chi connectivity index (χ1n) is 4.61. The first-order valence-corrected chi connectivity index (χ1v) is 4.61. The lowest BCUT2D eigenvalue weighted by molar-refractivity contribution is 1.32. The summed E-state index contributed by atoms with van der Waals surface area (Å²) in [5, 5.41) is 0. The third-order valence-corrected chi connectivity index (χ3v) is 2.65. The Morgan fingerprint density at radius 1 is 0.923 bits per heavy atom. The zero-order valence-corrected chi connectivity index (χ0v) is 7.33. The van der Waals surface area contributed by atoms with Gasteiger partial charge in [-0.25, -0.2) is 0 Å². The molecule has 2 aliphatic carbocycles. The lowest BCUT2D eigenvalue weighted by Gasteiger charge is -2.02. The van der Waals surface area contributed by atoms with Gasteiger partial charge in [-0.15, -0.1) is 0 Å². The molecule has 0 aliphatic heterocycles. The Morgan fingerprint density at radius 2 is 1.77 bits per heavy atom. The molecule has 13 heavy (non-hydrogen) atoms. The van der Waals surface area contributed by atoms with Crippen LogP contribution >= 0.6 is 0 Å². The normalized spacial score (nSPS) is 18.3. The van der Waals surface area contributed by atoms with E-state index in [0.717, 1.165) is 6.42 Å². The van der Waals surface area contributed by atoms with Crippen LogP contribution in [-0.2, 0) is 0 Å². The molecule has 2 aliphatic rings. The summed E-state index contributed by atoms with van der Waals surface area (Å²) < 4.78 is 0. The molecule has 0 unspecified atom stereocenters. The summed E-state index contributed by atoms with van der Waals surface area (Å²) >= 11 is 0. The molecule has 0 saturated heterocycles. The standard InChI is InChI=1S/C13H10/c1-2-4-11(5-3-1)13-9-10-6-7-12(13)8-10/h1-7,9H,8H2. The zero-order valence-electron chi connectivity index (χ0n) is 7.33.